The van der Waals surface area contributed by atoms with E-state index in [1.165, 1.54) is 29.1 Å². The molecule has 0 radical (unpaired) electrons. The Morgan fingerprint density at radius 2 is 1.91 bits per heavy atom. The number of carbonyl (C=O) groups excluding carboxylic acids is 2. The number of amides is 2. The zero-order valence-corrected chi connectivity index (χ0v) is 19.0. The lowest BCUT2D eigenvalue weighted by Gasteiger charge is -2.35. The summed E-state index contributed by atoms with van der Waals surface area (Å²) in [4.78, 5) is 45.5. The van der Waals surface area contributed by atoms with Gasteiger partial charge in [0.1, 0.15) is 17.2 Å². The quantitative estimate of drug-likeness (QED) is 0.649. The van der Waals surface area contributed by atoms with Crippen LogP contribution in [0.2, 0.25) is 0 Å². The minimum absolute atomic E-state index is 0.0651. The maximum Gasteiger partial charge on any atom is 0.266 e. The molecule has 2 aromatic heterocycles. The molecule has 4 rings (SSSR count). The van der Waals surface area contributed by atoms with Crippen LogP contribution in [0.5, 0.6) is 0 Å². The van der Waals surface area contributed by atoms with Crippen molar-refractivity contribution in [2.75, 3.05) is 18.4 Å². The van der Waals surface area contributed by atoms with Crippen molar-refractivity contribution in [1.82, 2.24) is 14.5 Å². The molecule has 1 aliphatic rings. The van der Waals surface area contributed by atoms with Crippen LogP contribution in [0.25, 0.3) is 10.2 Å². The smallest absolute Gasteiger partial charge is 0.266 e. The first-order valence-corrected chi connectivity index (χ1v) is 11.4. The van der Waals surface area contributed by atoms with Gasteiger partial charge in [-0.1, -0.05) is 26.0 Å². The highest BCUT2D eigenvalue weighted by Crippen LogP contribution is 2.28. The molecule has 168 valence electrons. The summed E-state index contributed by atoms with van der Waals surface area (Å²) in [6.45, 7) is 7.19. The number of rotatable bonds is 4. The Bertz CT molecular complexity index is 1240. The van der Waals surface area contributed by atoms with Crippen LogP contribution in [0.15, 0.2) is 35.4 Å². The number of aryl methyl sites for hydroxylation is 1. The van der Waals surface area contributed by atoms with Gasteiger partial charge in [-0.2, -0.15) is 0 Å². The minimum Gasteiger partial charge on any atom is -0.341 e. The fourth-order valence-electron chi connectivity index (χ4n) is 4.34. The summed E-state index contributed by atoms with van der Waals surface area (Å²) in [5.74, 6) is -0.310. The number of thiophene rings is 1. The lowest BCUT2D eigenvalue weighted by molar-refractivity contribution is -0.134. The van der Waals surface area contributed by atoms with E-state index in [9.17, 15) is 18.8 Å². The highest BCUT2D eigenvalue weighted by molar-refractivity contribution is 7.20. The molecule has 32 heavy (non-hydrogen) atoms. The van der Waals surface area contributed by atoms with Crippen molar-refractivity contribution in [1.29, 1.82) is 0 Å². The number of piperidine rings is 1. The summed E-state index contributed by atoms with van der Waals surface area (Å²) >= 11 is 1.07. The number of likely N-dealkylation sites (tertiary alicyclic amines) is 1. The molecule has 1 N–H and O–H groups in total. The molecule has 1 fully saturated rings. The molecule has 7 nitrogen and oxygen atoms in total. The summed E-state index contributed by atoms with van der Waals surface area (Å²) in [5.41, 5.74) is 0.175. The lowest BCUT2D eigenvalue weighted by Crippen LogP contribution is -2.44. The van der Waals surface area contributed by atoms with E-state index >= 15 is 0 Å². The van der Waals surface area contributed by atoms with Gasteiger partial charge in [0.15, 0.2) is 0 Å². The fourth-order valence-corrected chi connectivity index (χ4v) is 5.38. The zero-order chi connectivity index (χ0) is 23.0. The van der Waals surface area contributed by atoms with Crippen molar-refractivity contribution in [3.05, 3.63) is 57.2 Å². The first-order chi connectivity index (χ1) is 15.2. The molecule has 3 aromatic rings. The number of halogens is 1. The van der Waals surface area contributed by atoms with Gasteiger partial charge in [0.25, 0.3) is 11.5 Å². The van der Waals surface area contributed by atoms with Crippen LogP contribution in [0.1, 0.15) is 35.5 Å². The van der Waals surface area contributed by atoms with E-state index < -0.39 is 11.7 Å². The average molecular weight is 457 g/mol. The molecule has 2 atom stereocenters. The molecule has 9 heteroatoms. The third kappa shape index (κ3) is 4.29. The monoisotopic (exact) mass is 456 g/mol. The van der Waals surface area contributed by atoms with Gasteiger partial charge in [-0.05, 0) is 42.9 Å². The number of nitrogens with one attached hydrogen (secondary N) is 1. The van der Waals surface area contributed by atoms with E-state index in [2.05, 4.69) is 24.1 Å². The molecule has 0 bridgehead atoms. The number of benzene rings is 1. The third-order valence-corrected chi connectivity index (χ3v) is 6.97. The Labute approximate surface area is 188 Å². The highest BCUT2D eigenvalue weighted by atomic mass is 32.1. The van der Waals surface area contributed by atoms with E-state index in [1.807, 2.05) is 4.90 Å². The van der Waals surface area contributed by atoms with E-state index in [4.69, 9.17) is 0 Å². The normalized spacial score (nSPS) is 18.7. The van der Waals surface area contributed by atoms with Crippen LogP contribution in [-0.4, -0.2) is 39.4 Å². The second-order valence-corrected chi connectivity index (χ2v) is 9.59. The van der Waals surface area contributed by atoms with Crippen molar-refractivity contribution in [2.45, 2.75) is 33.7 Å². The van der Waals surface area contributed by atoms with E-state index in [0.717, 1.165) is 17.8 Å². The minimum atomic E-state index is -0.542. The Morgan fingerprint density at radius 3 is 2.59 bits per heavy atom. The van der Waals surface area contributed by atoms with Crippen molar-refractivity contribution in [2.24, 2.45) is 11.8 Å². The van der Waals surface area contributed by atoms with Gasteiger partial charge < -0.3 is 10.2 Å². The van der Waals surface area contributed by atoms with Gasteiger partial charge in [-0.25, -0.2) is 9.37 Å². The van der Waals surface area contributed by atoms with Gasteiger partial charge in [0, 0.05) is 13.1 Å². The van der Waals surface area contributed by atoms with Gasteiger partial charge in [0.2, 0.25) is 5.91 Å². The molecule has 2 unspecified atom stereocenters. The van der Waals surface area contributed by atoms with Crippen LogP contribution in [0, 0.1) is 24.6 Å². The van der Waals surface area contributed by atoms with E-state index in [0.29, 0.717) is 40.7 Å². The fraction of sp³-hybridized carbons (Fsp3) is 0.391. The topological polar surface area (TPSA) is 84.3 Å². The first kappa shape index (κ1) is 22.1. The second-order valence-electron chi connectivity index (χ2n) is 8.59. The van der Waals surface area contributed by atoms with Gasteiger partial charge >= 0.3 is 0 Å². The number of nitrogens with zero attached hydrogens (tertiary/aromatic N) is 3. The molecule has 1 saturated heterocycles. The number of anilines is 1. The van der Waals surface area contributed by atoms with Crippen LogP contribution in [-0.2, 0) is 11.3 Å². The SMILES string of the molecule is Cc1c(C(=O)Nc2ccccc2F)sc2ncn(CC(=O)N3CC(C)CC(C)C3)c(=O)c12. The molecule has 0 spiro atoms. The second kappa shape index (κ2) is 8.82. The molecule has 0 aliphatic carbocycles. The molecule has 3 heterocycles. The molecule has 0 saturated carbocycles. The van der Waals surface area contributed by atoms with Crippen molar-refractivity contribution in [3.63, 3.8) is 0 Å². The summed E-state index contributed by atoms with van der Waals surface area (Å²) in [6, 6.07) is 5.88. The average Bonchev–Trinajstić information content (AvgIpc) is 3.08. The zero-order valence-electron chi connectivity index (χ0n) is 18.2. The maximum absolute atomic E-state index is 13.9. The summed E-state index contributed by atoms with van der Waals surface area (Å²) in [6.07, 6.45) is 2.44. The Hall–Kier alpha value is -3.07. The molecule has 2 amide bonds. The van der Waals surface area contributed by atoms with Crippen molar-refractivity contribution < 1.29 is 14.0 Å². The van der Waals surface area contributed by atoms with E-state index in [-0.39, 0.29) is 28.6 Å². The Balaban J connectivity index is 1.60. The number of aromatic nitrogens is 2. The van der Waals surface area contributed by atoms with Gasteiger partial charge in [-0.15, -0.1) is 11.3 Å². The van der Waals surface area contributed by atoms with Crippen LogP contribution in [0.4, 0.5) is 10.1 Å². The highest BCUT2D eigenvalue weighted by Gasteiger charge is 2.26. The Morgan fingerprint density at radius 1 is 1.22 bits per heavy atom. The van der Waals surface area contributed by atoms with Crippen LogP contribution < -0.4 is 10.9 Å². The summed E-state index contributed by atoms with van der Waals surface area (Å²) < 4.78 is 15.2. The largest absolute Gasteiger partial charge is 0.341 e. The van der Waals surface area contributed by atoms with Gasteiger partial charge in [0.05, 0.1) is 22.3 Å². The van der Waals surface area contributed by atoms with Crippen LogP contribution in [0.3, 0.4) is 0 Å². The van der Waals surface area contributed by atoms with Crippen molar-refractivity contribution >= 4 is 39.1 Å². The maximum atomic E-state index is 13.9. The Kier molecular flexibility index (Phi) is 6.10. The molecular weight excluding hydrogens is 431 g/mol. The standard InChI is InChI=1S/C23H25FN4O3S/c1-13-8-14(2)10-27(9-13)18(29)11-28-12-25-22-19(23(28)31)15(3)20(32-22)21(30)26-17-7-5-4-6-16(17)24/h4-7,12-14H,8-11H2,1-3H3,(H,26,30). The number of para-hydroxylation sites is 1. The number of fused-ring (bicyclic) bond motifs is 1. The van der Waals surface area contributed by atoms with E-state index in [1.54, 1.807) is 13.0 Å². The predicted octanol–water partition coefficient (Wildman–Crippen LogP) is 3.66. The number of hydrogen-bond acceptors (Lipinski definition) is 5. The summed E-state index contributed by atoms with van der Waals surface area (Å²) in [5, 5.41) is 2.85. The number of hydrogen-bond donors (Lipinski definition) is 1. The van der Waals surface area contributed by atoms with Crippen LogP contribution >= 0.6 is 11.3 Å². The summed E-state index contributed by atoms with van der Waals surface area (Å²) in [7, 11) is 0. The first-order valence-electron chi connectivity index (χ1n) is 10.6. The lowest BCUT2D eigenvalue weighted by atomic mass is 9.92. The third-order valence-electron chi connectivity index (χ3n) is 5.77. The molecule has 1 aromatic carbocycles. The van der Waals surface area contributed by atoms with Gasteiger partial charge in [-0.3, -0.25) is 19.0 Å². The number of carbonyl (C=O) groups is 2. The van der Waals surface area contributed by atoms with Crippen molar-refractivity contribution in [3.8, 4) is 0 Å². The molecular formula is C23H25FN4O3S. The molecule has 1 aliphatic heterocycles. The predicted molar refractivity (Wildman–Crippen MR) is 122 cm³/mol.